The highest BCUT2D eigenvalue weighted by Gasteiger charge is 2.24. The lowest BCUT2D eigenvalue weighted by molar-refractivity contribution is -0.117. The van der Waals surface area contributed by atoms with Crippen molar-refractivity contribution < 1.29 is 14.3 Å². The smallest absolute Gasteiger partial charge is 0.315 e. The summed E-state index contributed by atoms with van der Waals surface area (Å²) < 4.78 is 5.24. The van der Waals surface area contributed by atoms with Gasteiger partial charge >= 0.3 is 6.03 Å². The fourth-order valence-corrected chi connectivity index (χ4v) is 2.94. The van der Waals surface area contributed by atoms with Crippen molar-refractivity contribution in [3.63, 3.8) is 0 Å². The number of carbonyl (C=O) groups is 2. The molecule has 0 saturated carbocycles. The third-order valence-corrected chi connectivity index (χ3v) is 4.22. The predicted molar refractivity (Wildman–Crippen MR) is 95.7 cm³/mol. The van der Waals surface area contributed by atoms with Gasteiger partial charge in [0, 0.05) is 24.3 Å². The van der Waals surface area contributed by atoms with E-state index in [-0.39, 0.29) is 18.5 Å². The highest BCUT2D eigenvalue weighted by Crippen LogP contribution is 2.27. The van der Waals surface area contributed by atoms with Gasteiger partial charge in [0.25, 0.3) is 0 Å². The topological polar surface area (TPSA) is 70.7 Å². The lowest BCUT2D eigenvalue weighted by Crippen LogP contribution is -2.43. The van der Waals surface area contributed by atoms with Crippen LogP contribution in [0.2, 0.25) is 0 Å². The zero-order chi connectivity index (χ0) is 17.6. The molecule has 1 heterocycles. The summed E-state index contributed by atoms with van der Waals surface area (Å²) >= 11 is 0. The van der Waals surface area contributed by atoms with Gasteiger partial charge in [0.1, 0.15) is 5.75 Å². The summed E-state index contributed by atoms with van der Waals surface area (Å²) in [5.74, 6) is 0.602. The van der Waals surface area contributed by atoms with E-state index < -0.39 is 0 Å². The van der Waals surface area contributed by atoms with Crippen molar-refractivity contribution in [2.24, 2.45) is 0 Å². The third kappa shape index (κ3) is 3.91. The Morgan fingerprint density at radius 3 is 2.68 bits per heavy atom. The van der Waals surface area contributed by atoms with Crippen LogP contribution in [0.3, 0.4) is 0 Å². The number of hydrogen-bond donors (Lipinski definition) is 2. The SMILES string of the molecule is COc1ccccc1CNC(=O)NCC(=O)N1CCc2ccccc21. The summed E-state index contributed by atoms with van der Waals surface area (Å²) in [6, 6.07) is 14.9. The van der Waals surface area contributed by atoms with Crippen LogP contribution in [0.4, 0.5) is 10.5 Å². The Bertz CT molecular complexity index is 776. The van der Waals surface area contributed by atoms with E-state index in [4.69, 9.17) is 4.74 Å². The minimum absolute atomic E-state index is 0.0356. The molecule has 6 heteroatoms. The number of anilines is 1. The molecule has 1 aliphatic heterocycles. The van der Waals surface area contributed by atoms with Gasteiger partial charge in [-0.25, -0.2) is 4.79 Å². The van der Waals surface area contributed by atoms with Crippen LogP contribution in [0, 0.1) is 0 Å². The molecular formula is C19H21N3O3. The van der Waals surface area contributed by atoms with E-state index in [1.165, 1.54) is 0 Å². The molecule has 2 aromatic carbocycles. The zero-order valence-corrected chi connectivity index (χ0v) is 14.1. The number of rotatable bonds is 5. The number of ether oxygens (including phenoxy) is 1. The zero-order valence-electron chi connectivity index (χ0n) is 14.1. The molecule has 0 radical (unpaired) electrons. The molecular weight excluding hydrogens is 318 g/mol. The molecule has 130 valence electrons. The van der Waals surface area contributed by atoms with E-state index in [1.54, 1.807) is 12.0 Å². The van der Waals surface area contributed by atoms with Gasteiger partial charge in [-0.1, -0.05) is 36.4 Å². The lowest BCUT2D eigenvalue weighted by Gasteiger charge is -2.17. The summed E-state index contributed by atoms with van der Waals surface area (Å²) in [6.45, 7) is 0.950. The Morgan fingerprint density at radius 1 is 1.08 bits per heavy atom. The maximum Gasteiger partial charge on any atom is 0.315 e. The third-order valence-electron chi connectivity index (χ3n) is 4.22. The van der Waals surface area contributed by atoms with Gasteiger partial charge in [-0.2, -0.15) is 0 Å². The van der Waals surface area contributed by atoms with Crippen molar-refractivity contribution in [1.82, 2.24) is 10.6 Å². The highest BCUT2D eigenvalue weighted by molar-refractivity contribution is 5.98. The van der Waals surface area contributed by atoms with Crippen molar-refractivity contribution in [2.45, 2.75) is 13.0 Å². The van der Waals surface area contributed by atoms with Gasteiger partial charge in [-0.05, 0) is 24.1 Å². The van der Waals surface area contributed by atoms with Gasteiger partial charge in [0.15, 0.2) is 0 Å². The number of methoxy groups -OCH3 is 1. The maximum atomic E-state index is 12.4. The molecule has 2 N–H and O–H groups in total. The number of urea groups is 1. The average molecular weight is 339 g/mol. The van der Waals surface area contributed by atoms with Crippen molar-refractivity contribution >= 4 is 17.6 Å². The fourth-order valence-electron chi connectivity index (χ4n) is 2.94. The highest BCUT2D eigenvalue weighted by atomic mass is 16.5. The number of fused-ring (bicyclic) bond motifs is 1. The molecule has 0 aliphatic carbocycles. The first-order valence-corrected chi connectivity index (χ1v) is 8.21. The van der Waals surface area contributed by atoms with Gasteiger partial charge in [0.2, 0.25) is 5.91 Å². The average Bonchev–Trinajstić information content (AvgIpc) is 3.09. The Hall–Kier alpha value is -3.02. The largest absolute Gasteiger partial charge is 0.496 e. The van der Waals surface area contributed by atoms with Gasteiger partial charge in [-0.3, -0.25) is 4.79 Å². The van der Waals surface area contributed by atoms with Crippen LogP contribution in [0.15, 0.2) is 48.5 Å². The predicted octanol–water partition coefficient (Wildman–Crippen LogP) is 2.08. The molecule has 0 aromatic heterocycles. The second kappa shape index (κ2) is 7.70. The monoisotopic (exact) mass is 339 g/mol. The second-order valence-electron chi connectivity index (χ2n) is 5.77. The van der Waals surface area contributed by atoms with E-state index in [0.29, 0.717) is 18.8 Å². The molecule has 6 nitrogen and oxygen atoms in total. The number of benzene rings is 2. The molecule has 0 atom stereocenters. The van der Waals surface area contributed by atoms with Crippen molar-refractivity contribution in [1.29, 1.82) is 0 Å². The minimum atomic E-state index is -0.383. The van der Waals surface area contributed by atoms with Crippen molar-refractivity contribution in [3.05, 3.63) is 59.7 Å². The number of para-hydroxylation sites is 2. The summed E-state index contributed by atoms with van der Waals surface area (Å²) in [4.78, 5) is 26.0. The first-order valence-electron chi connectivity index (χ1n) is 8.21. The molecule has 1 aliphatic rings. The Kier molecular flexibility index (Phi) is 5.18. The van der Waals surface area contributed by atoms with Gasteiger partial charge < -0.3 is 20.3 Å². The molecule has 3 rings (SSSR count). The summed E-state index contributed by atoms with van der Waals surface area (Å²) in [6.07, 6.45) is 0.849. The summed E-state index contributed by atoms with van der Waals surface area (Å²) in [7, 11) is 1.59. The van der Waals surface area contributed by atoms with E-state index in [9.17, 15) is 9.59 Å². The second-order valence-corrected chi connectivity index (χ2v) is 5.77. The molecule has 0 spiro atoms. The quantitative estimate of drug-likeness (QED) is 0.876. The van der Waals surface area contributed by atoms with Crippen LogP contribution >= 0.6 is 0 Å². The molecule has 25 heavy (non-hydrogen) atoms. The van der Waals surface area contributed by atoms with E-state index >= 15 is 0 Å². The van der Waals surface area contributed by atoms with Crippen LogP contribution in [-0.4, -0.2) is 32.1 Å². The normalized spacial score (nSPS) is 12.4. The van der Waals surface area contributed by atoms with Crippen molar-refractivity contribution in [3.8, 4) is 5.75 Å². The fraction of sp³-hybridized carbons (Fsp3) is 0.263. The number of nitrogens with zero attached hydrogens (tertiary/aromatic N) is 1. The maximum absolute atomic E-state index is 12.4. The molecule has 0 bridgehead atoms. The van der Waals surface area contributed by atoms with Gasteiger partial charge in [0.05, 0.1) is 13.7 Å². The molecule has 0 saturated heterocycles. The minimum Gasteiger partial charge on any atom is -0.496 e. The molecule has 0 unspecified atom stereocenters. The van der Waals surface area contributed by atoms with Crippen LogP contribution < -0.4 is 20.3 Å². The standard InChI is InChI=1S/C19H21N3O3/c1-25-17-9-5-3-7-15(17)12-20-19(24)21-13-18(23)22-11-10-14-6-2-4-8-16(14)22/h2-9H,10-13H2,1H3,(H2,20,21,24). The lowest BCUT2D eigenvalue weighted by atomic mass is 10.2. The van der Waals surface area contributed by atoms with Crippen LogP contribution in [0.5, 0.6) is 5.75 Å². The van der Waals surface area contributed by atoms with Crippen LogP contribution in [0.25, 0.3) is 0 Å². The Morgan fingerprint density at radius 2 is 1.84 bits per heavy atom. The Labute approximate surface area is 146 Å². The number of nitrogens with one attached hydrogen (secondary N) is 2. The first-order chi connectivity index (χ1) is 12.2. The summed E-state index contributed by atoms with van der Waals surface area (Å²) in [5, 5.41) is 5.35. The van der Waals surface area contributed by atoms with Crippen LogP contribution in [0.1, 0.15) is 11.1 Å². The number of carbonyl (C=O) groups excluding carboxylic acids is 2. The first kappa shape index (κ1) is 16.8. The number of hydrogen-bond acceptors (Lipinski definition) is 3. The Balaban J connectivity index is 1.49. The molecule has 3 amide bonds. The van der Waals surface area contributed by atoms with E-state index in [1.807, 2.05) is 48.5 Å². The van der Waals surface area contributed by atoms with Gasteiger partial charge in [-0.15, -0.1) is 0 Å². The van der Waals surface area contributed by atoms with Crippen molar-refractivity contribution in [2.75, 3.05) is 25.1 Å². The summed E-state index contributed by atoms with van der Waals surface area (Å²) in [5.41, 5.74) is 2.97. The molecule has 2 aromatic rings. The number of amides is 3. The molecule has 0 fully saturated rings. The van der Waals surface area contributed by atoms with E-state index in [0.717, 1.165) is 23.2 Å². The van der Waals surface area contributed by atoms with Crippen LogP contribution in [-0.2, 0) is 17.8 Å². The van der Waals surface area contributed by atoms with E-state index in [2.05, 4.69) is 10.6 Å².